The molecule has 0 radical (unpaired) electrons. The van der Waals surface area contributed by atoms with Gasteiger partial charge < -0.3 is 23.7 Å². The van der Waals surface area contributed by atoms with Gasteiger partial charge in [-0.2, -0.15) is 0 Å². The van der Waals surface area contributed by atoms with Crippen molar-refractivity contribution in [3.63, 3.8) is 0 Å². The number of ether oxygens (including phenoxy) is 5. The fraction of sp³-hybridized carbons (Fsp3) is 0.231. The molecule has 0 saturated carbocycles. The topological polar surface area (TPSA) is 49.5 Å². The van der Waals surface area contributed by atoms with Gasteiger partial charge in [-0.25, -0.2) is 0 Å². The lowest BCUT2D eigenvalue weighted by Crippen LogP contribution is -2.53. The molecule has 2 saturated heterocycles. The number of hydrogen-bond acceptors (Lipinski definition) is 5. The van der Waals surface area contributed by atoms with Crippen molar-refractivity contribution in [1.29, 1.82) is 0 Å². The van der Waals surface area contributed by atoms with E-state index in [2.05, 4.69) is 97.1 Å². The fourth-order valence-corrected chi connectivity index (χ4v) is 6.13. The summed E-state index contributed by atoms with van der Waals surface area (Å²) in [6.45, 7) is 1.14. The maximum atomic E-state index is 7.17. The van der Waals surface area contributed by atoms with Crippen LogP contribution in [-0.4, -0.2) is 37.3 Å². The maximum absolute atomic E-state index is 7.17. The third-order valence-corrected chi connectivity index (χ3v) is 8.38. The van der Waals surface area contributed by atoms with Crippen molar-refractivity contribution < 1.29 is 23.7 Å². The average Bonchev–Trinajstić information content (AvgIpc) is 3.89. The highest BCUT2D eigenvalue weighted by Crippen LogP contribution is 2.43. The summed E-state index contributed by atoms with van der Waals surface area (Å²) in [5.74, 6) is 0. The summed E-state index contributed by atoms with van der Waals surface area (Å²) < 4.78 is 32.9. The molecular weight excluding hydrogens is 548 g/mol. The quantitative estimate of drug-likeness (QED) is 0.114. The van der Waals surface area contributed by atoms with E-state index in [1.54, 1.807) is 0 Å². The minimum Gasteiger partial charge on any atom is -0.368 e. The van der Waals surface area contributed by atoms with Gasteiger partial charge >= 0.3 is 0 Å². The second-order valence-electron chi connectivity index (χ2n) is 11.3. The van der Waals surface area contributed by atoms with Crippen molar-refractivity contribution in [2.24, 2.45) is 0 Å². The van der Waals surface area contributed by atoms with Crippen molar-refractivity contribution >= 4 is 0 Å². The van der Waals surface area contributed by atoms with Crippen LogP contribution in [0, 0.1) is 0 Å². The number of epoxide rings is 1. The van der Waals surface area contributed by atoms with E-state index in [0.29, 0.717) is 13.2 Å². The van der Waals surface area contributed by atoms with Crippen LogP contribution in [0.3, 0.4) is 0 Å². The highest BCUT2D eigenvalue weighted by molar-refractivity contribution is 5.47. The van der Waals surface area contributed by atoms with Crippen LogP contribution in [0.25, 0.3) is 0 Å². The Morgan fingerprint density at radius 2 is 0.886 bits per heavy atom. The molecular formula is C39H36O5. The van der Waals surface area contributed by atoms with Gasteiger partial charge in [0.25, 0.3) is 0 Å². The molecule has 0 unspecified atom stereocenters. The van der Waals surface area contributed by atoms with Crippen molar-refractivity contribution in [3.8, 4) is 0 Å². The third kappa shape index (κ3) is 6.11. The van der Waals surface area contributed by atoms with Gasteiger partial charge in [0.2, 0.25) is 0 Å². The molecule has 5 aromatic carbocycles. The van der Waals surface area contributed by atoms with Crippen LogP contribution in [0.1, 0.15) is 27.8 Å². The molecule has 5 heteroatoms. The average molecular weight is 585 g/mol. The smallest absolute Gasteiger partial charge is 0.187 e. The van der Waals surface area contributed by atoms with E-state index in [4.69, 9.17) is 23.7 Å². The van der Waals surface area contributed by atoms with Gasteiger partial charge in [0.1, 0.15) is 30.0 Å². The van der Waals surface area contributed by atoms with Crippen molar-refractivity contribution in [1.82, 2.24) is 0 Å². The predicted octanol–water partition coefficient (Wildman–Crippen LogP) is 7.29. The van der Waals surface area contributed by atoms with Crippen molar-refractivity contribution in [2.45, 2.75) is 49.5 Å². The highest BCUT2D eigenvalue weighted by atomic mass is 16.8. The van der Waals surface area contributed by atoms with Crippen LogP contribution in [0.15, 0.2) is 152 Å². The molecule has 2 heterocycles. The second-order valence-corrected chi connectivity index (χ2v) is 11.3. The van der Waals surface area contributed by atoms with Gasteiger partial charge in [-0.3, -0.25) is 0 Å². The molecule has 0 N–H and O–H groups in total. The Bertz CT molecular complexity index is 1480. The van der Waals surface area contributed by atoms with E-state index in [1.807, 2.05) is 54.6 Å². The number of benzene rings is 5. The zero-order valence-corrected chi connectivity index (χ0v) is 24.5. The molecule has 222 valence electrons. The van der Waals surface area contributed by atoms with E-state index in [-0.39, 0.29) is 25.1 Å². The van der Waals surface area contributed by atoms with E-state index in [1.165, 1.54) is 0 Å². The zero-order valence-electron chi connectivity index (χ0n) is 24.5. The fourth-order valence-electron chi connectivity index (χ4n) is 6.13. The molecule has 5 nitrogen and oxygen atoms in total. The Labute approximate surface area is 259 Å². The summed E-state index contributed by atoms with van der Waals surface area (Å²) in [6.07, 6.45) is -1.69. The summed E-state index contributed by atoms with van der Waals surface area (Å²) in [5.41, 5.74) is 4.41. The first-order valence-corrected chi connectivity index (χ1v) is 15.2. The van der Waals surface area contributed by atoms with E-state index < -0.39 is 17.8 Å². The molecule has 0 spiro atoms. The Hall–Kier alpha value is -4.10. The second kappa shape index (κ2) is 13.3. The summed E-state index contributed by atoms with van der Waals surface area (Å²) in [7, 11) is 0. The minimum absolute atomic E-state index is 0.183. The standard InChI is InChI=1S/C39H36O5/c1-6-16-29(17-7-1)26-40-35-34(43-38-37(44-38)36(35)41-27-30-18-8-2-9-19-30)28-42-39(31-20-10-3-11-21-31,32-22-12-4-13-23-32)33-24-14-5-15-25-33/h1-25,34-38H,26-28H2/t34-,35-,36+,37-,38-/m1/s1. The molecule has 0 amide bonds. The van der Waals surface area contributed by atoms with Gasteiger partial charge in [-0.1, -0.05) is 152 Å². The molecule has 2 aliphatic rings. The van der Waals surface area contributed by atoms with Crippen molar-refractivity contribution in [2.75, 3.05) is 6.61 Å². The maximum Gasteiger partial charge on any atom is 0.187 e. The lowest BCUT2D eigenvalue weighted by Gasteiger charge is -2.40. The summed E-state index contributed by atoms with van der Waals surface area (Å²) >= 11 is 0. The Morgan fingerprint density at radius 3 is 1.34 bits per heavy atom. The van der Waals surface area contributed by atoms with Gasteiger partial charge in [0, 0.05) is 0 Å². The van der Waals surface area contributed by atoms with Crippen LogP contribution >= 0.6 is 0 Å². The Balaban J connectivity index is 1.22. The number of rotatable bonds is 12. The van der Waals surface area contributed by atoms with Gasteiger partial charge in [0.05, 0.1) is 19.8 Å². The summed E-state index contributed by atoms with van der Waals surface area (Å²) in [4.78, 5) is 0. The molecule has 0 aliphatic carbocycles. The molecule has 2 aliphatic heterocycles. The molecule has 0 aromatic heterocycles. The molecule has 5 aromatic rings. The zero-order chi connectivity index (χ0) is 29.6. The monoisotopic (exact) mass is 584 g/mol. The van der Waals surface area contributed by atoms with Gasteiger partial charge in [0.15, 0.2) is 6.29 Å². The molecule has 44 heavy (non-hydrogen) atoms. The molecule has 5 atom stereocenters. The van der Waals surface area contributed by atoms with Crippen LogP contribution < -0.4 is 0 Å². The molecule has 0 bridgehead atoms. The first kappa shape index (κ1) is 28.7. The van der Waals surface area contributed by atoms with E-state index in [0.717, 1.165) is 27.8 Å². The van der Waals surface area contributed by atoms with E-state index >= 15 is 0 Å². The lowest BCUT2D eigenvalue weighted by molar-refractivity contribution is -0.199. The molecule has 7 rings (SSSR count). The normalized spacial score (nSPS) is 22.7. The SMILES string of the molecule is c1ccc(CO[C@@H]2[C@H]3O[C@H]3O[C@H](COC(c3ccccc3)(c3ccccc3)c3ccccc3)[C@H]2OCc2ccccc2)cc1. The first-order chi connectivity index (χ1) is 21.8. The minimum atomic E-state index is -0.876. The van der Waals surface area contributed by atoms with Gasteiger partial charge in [-0.05, 0) is 27.8 Å². The van der Waals surface area contributed by atoms with Crippen LogP contribution in [0.4, 0.5) is 0 Å². The Kier molecular flexibility index (Phi) is 8.64. The lowest BCUT2D eigenvalue weighted by atomic mass is 9.80. The summed E-state index contributed by atoms with van der Waals surface area (Å²) in [5, 5.41) is 0. The summed E-state index contributed by atoms with van der Waals surface area (Å²) in [6, 6.07) is 51.5. The number of hydrogen-bond donors (Lipinski definition) is 0. The third-order valence-electron chi connectivity index (χ3n) is 8.38. The predicted molar refractivity (Wildman–Crippen MR) is 169 cm³/mol. The Morgan fingerprint density at radius 1 is 0.477 bits per heavy atom. The molecule has 2 fully saturated rings. The van der Waals surface area contributed by atoms with Crippen LogP contribution in [0.5, 0.6) is 0 Å². The first-order valence-electron chi connectivity index (χ1n) is 15.2. The van der Waals surface area contributed by atoms with Crippen molar-refractivity contribution in [3.05, 3.63) is 179 Å². The highest BCUT2D eigenvalue weighted by Gasteiger charge is 2.58. The van der Waals surface area contributed by atoms with Gasteiger partial charge in [-0.15, -0.1) is 0 Å². The van der Waals surface area contributed by atoms with Crippen LogP contribution in [-0.2, 0) is 42.5 Å². The van der Waals surface area contributed by atoms with E-state index in [9.17, 15) is 0 Å². The van der Waals surface area contributed by atoms with Crippen LogP contribution in [0.2, 0.25) is 0 Å². The number of fused-ring (bicyclic) bond motifs is 1. The largest absolute Gasteiger partial charge is 0.368 e.